The molecule has 1 aromatic heterocycles. The summed E-state index contributed by atoms with van der Waals surface area (Å²) in [6.07, 6.45) is 1.43. The van der Waals surface area contributed by atoms with E-state index in [9.17, 15) is 4.79 Å². The van der Waals surface area contributed by atoms with Gasteiger partial charge in [0.1, 0.15) is 11.1 Å². The van der Waals surface area contributed by atoms with E-state index in [0.29, 0.717) is 24.7 Å². The van der Waals surface area contributed by atoms with Gasteiger partial charge in [0.25, 0.3) is 0 Å². The number of fused-ring (bicyclic) bond motifs is 1. The van der Waals surface area contributed by atoms with Gasteiger partial charge in [-0.25, -0.2) is 9.78 Å². The summed E-state index contributed by atoms with van der Waals surface area (Å²) in [6.45, 7) is 6.96. The minimum atomic E-state index is -0.475. The predicted octanol–water partition coefficient (Wildman–Crippen LogP) is 4.89. The van der Waals surface area contributed by atoms with Crippen LogP contribution in [0.4, 0.5) is 16.2 Å². The molecule has 1 amide bonds. The molecule has 7 nitrogen and oxygen atoms in total. The summed E-state index contributed by atoms with van der Waals surface area (Å²) >= 11 is 0. The molecule has 0 unspecified atom stereocenters. The highest BCUT2D eigenvalue weighted by Gasteiger charge is 2.27. The summed E-state index contributed by atoms with van der Waals surface area (Å²) in [4.78, 5) is 18.5. The lowest BCUT2D eigenvalue weighted by Crippen LogP contribution is -2.44. The van der Waals surface area contributed by atoms with E-state index in [1.54, 1.807) is 4.90 Å². The van der Waals surface area contributed by atoms with E-state index in [4.69, 9.17) is 14.9 Å². The summed E-state index contributed by atoms with van der Waals surface area (Å²) in [6, 6.07) is 13.7. The first-order valence-electron chi connectivity index (χ1n) is 10.3. The number of carbonyl (C=O) groups excluding carboxylic acids is 1. The number of amides is 1. The molecule has 0 saturated carbocycles. The summed E-state index contributed by atoms with van der Waals surface area (Å²) in [5, 5.41) is 3.51. The van der Waals surface area contributed by atoms with Crippen molar-refractivity contribution in [3.63, 3.8) is 0 Å². The maximum absolute atomic E-state index is 12.2. The quantitative estimate of drug-likeness (QED) is 0.600. The number of nitrogens with zero attached hydrogens (tertiary/aromatic N) is 2. The van der Waals surface area contributed by atoms with Crippen LogP contribution in [0.1, 0.15) is 33.6 Å². The van der Waals surface area contributed by atoms with Gasteiger partial charge in [-0.3, -0.25) is 0 Å². The van der Waals surface area contributed by atoms with Crippen molar-refractivity contribution < 1.29 is 13.9 Å². The fourth-order valence-electron chi connectivity index (χ4n) is 3.58. The molecule has 2 heterocycles. The van der Waals surface area contributed by atoms with Gasteiger partial charge >= 0.3 is 6.09 Å². The van der Waals surface area contributed by atoms with Gasteiger partial charge in [0.2, 0.25) is 5.89 Å². The van der Waals surface area contributed by atoms with Gasteiger partial charge in [0.15, 0.2) is 5.58 Å². The third-order valence-electron chi connectivity index (χ3n) is 5.10. The third-order valence-corrected chi connectivity index (χ3v) is 5.10. The average Bonchev–Trinajstić information content (AvgIpc) is 3.13. The molecule has 0 bridgehead atoms. The molecule has 158 valence electrons. The number of ether oxygens (including phenoxy) is 1. The molecule has 1 aliphatic rings. The Labute approximate surface area is 176 Å². The molecule has 0 atom stereocenters. The fourth-order valence-corrected chi connectivity index (χ4v) is 3.58. The van der Waals surface area contributed by atoms with Crippen LogP contribution < -0.4 is 11.1 Å². The highest BCUT2D eigenvalue weighted by molar-refractivity contribution is 5.78. The van der Waals surface area contributed by atoms with E-state index in [1.165, 1.54) is 0 Å². The van der Waals surface area contributed by atoms with Crippen molar-refractivity contribution in [2.24, 2.45) is 0 Å². The normalized spacial score (nSPS) is 15.4. The lowest BCUT2D eigenvalue weighted by molar-refractivity contribution is 0.0210. The van der Waals surface area contributed by atoms with Crippen LogP contribution in [0.2, 0.25) is 0 Å². The zero-order valence-electron chi connectivity index (χ0n) is 17.6. The summed E-state index contributed by atoms with van der Waals surface area (Å²) in [5.74, 6) is 0.556. The Morgan fingerprint density at radius 2 is 1.93 bits per heavy atom. The van der Waals surface area contributed by atoms with Crippen LogP contribution in [-0.4, -0.2) is 40.7 Å². The maximum atomic E-state index is 12.2. The Hall–Kier alpha value is -3.22. The molecule has 4 rings (SSSR count). The van der Waals surface area contributed by atoms with E-state index >= 15 is 0 Å². The number of carbonyl (C=O) groups is 1. The number of hydrogen-bond acceptors (Lipinski definition) is 6. The van der Waals surface area contributed by atoms with Crippen LogP contribution >= 0.6 is 0 Å². The second-order valence-electron chi connectivity index (χ2n) is 8.67. The molecule has 2 aromatic carbocycles. The number of para-hydroxylation sites is 2. The zero-order chi connectivity index (χ0) is 21.3. The zero-order valence-corrected chi connectivity index (χ0v) is 17.6. The first kappa shape index (κ1) is 20.1. The molecule has 3 aromatic rings. The van der Waals surface area contributed by atoms with Crippen LogP contribution in [-0.2, 0) is 4.74 Å². The van der Waals surface area contributed by atoms with Crippen molar-refractivity contribution in [3.8, 4) is 11.5 Å². The Balaban J connectivity index is 1.38. The number of oxazole rings is 1. The van der Waals surface area contributed by atoms with Crippen molar-refractivity contribution in [1.29, 1.82) is 0 Å². The molecule has 3 N–H and O–H groups in total. The van der Waals surface area contributed by atoms with Gasteiger partial charge in [-0.05, 0) is 63.9 Å². The van der Waals surface area contributed by atoms with Gasteiger partial charge < -0.3 is 25.1 Å². The first-order chi connectivity index (χ1) is 14.3. The van der Waals surface area contributed by atoms with Crippen LogP contribution in [0.25, 0.3) is 22.6 Å². The minimum absolute atomic E-state index is 0.247. The molecule has 1 saturated heterocycles. The molecule has 0 spiro atoms. The van der Waals surface area contributed by atoms with Crippen LogP contribution in [0.3, 0.4) is 0 Å². The number of aromatic nitrogens is 1. The lowest BCUT2D eigenvalue weighted by Gasteiger charge is -2.34. The number of benzene rings is 2. The number of nitrogen functional groups attached to an aromatic ring is 1. The molecule has 1 aliphatic heterocycles. The van der Waals surface area contributed by atoms with E-state index in [2.05, 4.69) is 10.3 Å². The van der Waals surface area contributed by atoms with Gasteiger partial charge in [-0.1, -0.05) is 12.1 Å². The molecule has 0 aliphatic carbocycles. The Bertz CT molecular complexity index is 1010. The second kappa shape index (κ2) is 7.89. The van der Waals surface area contributed by atoms with Crippen molar-refractivity contribution in [3.05, 3.63) is 42.5 Å². The number of nitrogens with one attached hydrogen (secondary N) is 1. The minimum Gasteiger partial charge on any atom is -0.444 e. The molecular weight excluding hydrogens is 380 g/mol. The summed E-state index contributed by atoms with van der Waals surface area (Å²) < 4.78 is 11.3. The second-order valence-corrected chi connectivity index (χ2v) is 8.67. The smallest absolute Gasteiger partial charge is 0.410 e. The van der Waals surface area contributed by atoms with Gasteiger partial charge in [-0.2, -0.15) is 0 Å². The van der Waals surface area contributed by atoms with Crippen molar-refractivity contribution in [1.82, 2.24) is 9.88 Å². The number of rotatable bonds is 3. The van der Waals surface area contributed by atoms with E-state index in [-0.39, 0.29) is 12.1 Å². The van der Waals surface area contributed by atoms with Gasteiger partial charge in [-0.15, -0.1) is 0 Å². The highest BCUT2D eigenvalue weighted by Crippen LogP contribution is 2.30. The third kappa shape index (κ3) is 4.50. The molecule has 1 fully saturated rings. The number of likely N-dealkylation sites (tertiary alicyclic amines) is 1. The maximum Gasteiger partial charge on any atom is 0.410 e. The van der Waals surface area contributed by atoms with Crippen molar-refractivity contribution >= 4 is 28.6 Å². The number of anilines is 2. The SMILES string of the molecule is CC(C)(C)OC(=O)N1CCC(Nc2ccc(-c3nc4ccccc4o3)cc2N)CC1. The van der Waals surface area contributed by atoms with Crippen molar-refractivity contribution in [2.75, 3.05) is 24.1 Å². The van der Waals surface area contributed by atoms with E-state index in [1.807, 2.05) is 63.2 Å². The standard InChI is InChI=1S/C23H28N4O3/c1-23(2,3)30-22(28)27-12-10-16(11-13-27)25-18-9-8-15(14-17(18)24)21-26-19-6-4-5-7-20(19)29-21/h4-9,14,16,25H,10-13,24H2,1-3H3. The topological polar surface area (TPSA) is 93.6 Å². The Kier molecular flexibility index (Phi) is 5.28. The monoisotopic (exact) mass is 408 g/mol. The number of hydrogen-bond donors (Lipinski definition) is 2. The Morgan fingerprint density at radius 1 is 1.20 bits per heavy atom. The van der Waals surface area contributed by atoms with E-state index < -0.39 is 5.60 Å². The molecular formula is C23H28N4O3. The number of nitrogens with two attached hydrogens (primary N) is 1. The van der Waals surface area contributed by atoms with Crippen LogP contribution in [0.15, 0.2) is 46.9 Å². The van der Waals surface area contributed by atoms with Gasteiger partial charge in [0.05, 0.1) is 11.4 Å². The van der Waals surface area contributed by atoms with Gasteiger partial charge in [0, 0.05) is 24.7 Å². The average molecular weight is 409 g/mol. The summed E-state index contributed by atoms with van der Waals surface area (Å²) in [7, 11) is 0. The summed E-state index contributed by atoms with van der Waals surface area (Å²) in [5.41, 5.74) is 9.77. The van der Waals surface area contributed by atoms with E-state index in [0.717, 1.165) is 35.2 Å². The molecule has 7 heteroatoms. The predicted molar refractivity (Wildman–Crippen MR) is 118 cm³/mol. The fraction of sp³-hybridized carbons (Fsp3) is 0.391. The first-order valence-corrected chi connectivity index (χ1v) is 10.3. The van der Waals surface area contributed by atoms with Crippen LogP contribution in [0, 0.1) is 0 Å². The molecule has 0 radical (unpaired) electrons. The molecule has 30 heavy (non-hydrogen) atoms. The highest BCUT2D eigenvalue weighted by atomic mass is 16.6. The lowest BCUT2D eigenvalue weighted by atomic mass is 10.0. The number of piperidine rings is 1. The van der Waals surface area contributed by atoms with Crippen LogP contribution in [0.5, 0.6) is 0 Å². The van der Waals surface area contributed by atoms with Crippen molar-refractivity contribution in [2.45, 2.75) is 45.3 Å². The largest absolute Gasteiger partial charge is 0.444 e. The Morgan fingerprint density at radius 3 is 2.60 bits per heavy atom.